The van der Waals surface area contributed by atoms with Crippen LogP contribution in [0.25, 0.3) is 11.0 Å². The fraction of sp³-hybridized carbons (Fsp3) is 0.200. The van der Waals surface area contributed by atoms with Crippen molar-refractivity contribution in [3.05, 3.63) is 42.2 Å². The largest absolute Gasteiger partial charge is 0.489 e. The molecule has 1 heterocycles. The summed E-state index contributed by atoms with van der Waals surface area (Å²) in [6.07, 6.45) is 5.69. The molecule has 0 bridgehead atoms. The molecule has 6 heteroatoms. The first-order valence-corrected chi connectivity index (χ1v) is 6.39. The second-order valence-electron chi connectivity index (χ2n) is 4.06. The number of ether oxygens (including phenoxy) is 2. The van der Waals surface area contributed by atoms with Crippen LogP contribution in [0.2, 0.25) is 0 Å². The van der Waals surface area contributed by atoms with E-state index in [-0.39, 0.29) is 6.61 Å². The molecule has 1 aromatic heterocycles. The monoisotopic (exact) mass is 289 g/mol. The Hall–Kier alpha value is -2.76. The van der Waals surface area contributed by atoms with Gasteiger partial charge in [0.2, 0.25) is 0 Å². The van der Waals surface area contributed by atoms with Crippen molar-refractivity contribution in [2.75, 3.05) is 13.2 Å². The van der Waals surface area contributed by atoms with Crippen molar-refractivity contribution in [1.29, 1.82) is 0 Å². The van der Waals surface area contributed by atoms with Crippen molar-refractivity contribution >= 4 is 23.2 Å². The SMILES string of the molecule is CCOC(=O)/C=C/COc1cc2occc2cc1/C=N/O. The molecule has 0 saturated carbocycles. The molecule has 110 valence electrons. The van der Waals surface area contributed by atoms with E-state index in [0.717, 1.165) is 5.39 Å². The quantitative estimate of drug-likeness (QED) is 0.291. The van der Waals surface area contributed by atoms with Gasteiger partial charge in [-0.2, -0.15) is 0 Å². The van der Waals surface area contributed by atoms with Gasteiger partial charge >= 0.3 is 5.97 Å². The number of esters is 1. The van der Waals surface area contributed by atoms with Gasteiger partial charge in [0.25, 0.3) is 0 Å². The lowest BCUT2D eigenvalue weighted by molar-refractivity contribution is -0.137. The van der Waals surface area contributed by atoms with Crippen molar-refractivity contribution in [3.8, 4) is 5.75 Å². The van der Waals surface area contributed by atoms with Crippen LogP contribution < -0.4 is 4.74 Å². The van der Waals surface area contributed by atoms with Crippen molar-refractivity contribution in [1.82, 2.24) is 0 Å². The predicted octanol–water partition coefficient (Wildman–Crippen LogP) is 2.74. The summed E-state index contributed by atoms with van der Waals surface area (Å²) in [4.78, 5) is 11.1. The van der Waals surface area contributed by atoms with Crippen LogP contribution in [0.5, 0.6) is 5.75 Å². The van der Waals surface area contributed by atoms with Crippen LogP contribution >= 0.6 is 0 Å². The third-order valence-corrected chi connectivity index (χ3v) is 2.66. The number of rotatable bonds is 6. The highest BCUT2D eigenvalue weighted by molar-refractivity contribution is 5.91. The molecule has 1 N–H and O–H groups in total. The third-order valence-electron chi connectivity index (χ3n) is 2.66. The number of carbonyl (C=O) groups excluding carboxylic acids is 1. The van der Waals surface area contributed by atoms with E-state index in [4.69, 9.17) is 19.1 Å². The van der Waals surface area contributed by atoms with Crippen molar-refractivity contribution < 1.29 is 23.9 Å². The summed E-state index contributed by atoms with van der Waals surface area (Å²) in [6.45, 7) is 2.24. The van der Waals surface area contributed by atoms with E-state index in [1.165, 1.54) is 12.3 Å². The standard InChI is InChI=1S/C15H15NO5/c1-2-19-15(17)4-3-6-20-14-9-13-11(5-7-21-13)8-12(14)10-16-18/h3-5,7-10,18H,2,6H2,1H3/b4-3+,16-10+. The molecule has 2 aromatic rings. The Bertz CT molecular complexity index is 672. The number of hydrogen-bond acceptors (Lipinski definition) is 6. The molecule has 0 spiro atoms. The molecule has 0 amide bonds. The molecule has 6 nitrogen and oxygen atoms in total. The normalized spacial score (nSPS) is 11.5. The van der Waals surface area contributed by atoms with E-state index in [1.54, 1.807) is 37.5 Å². The topological polar surface area (TPSA) is 81.3 Å². The molecule has 1 aromatic carbocycles. The van der Waals surface area contributed by atoms with Crippen molar-refractivity contribution in [3.63, 3.8) is 0 Å². The smallest absolute Gasteiger partial charge is 0.330 e. The Balaban J connectivity index is 2.09. The minimum absolute atomic E-state index is 0.178. The van der Waals surface area contributed by atoms with Crippen LogP contribution in [0.3, 0.4) is 0 Å². The summed E-state index contributed by atoms with van der Waals surface area (Å²) in [5.41, 5.74) is 1.27. The Morgan fingerprint density at radius 2 is 2.33 bits per heavy atom. The highest BCUT2D eigenvalue weighted by Crippen LogP contribution is 2.25. The van der Waals surface area contributed by atoms with Gasteiger partial charge in [0, 0.05) is 23.1 Å². The number of nitrogens with zero attached hydrogens (tertiary/aromatic N) is 1. The molecular formula is C15H15NO5. The molecule has 0 aliphatic heterocycles. The molecular weight excluding hydrogens is 274 g/mol. The molecule has 0 unspecified atom stereocenters. The Morgan fingerprint density at radius 1 is 1.48 bits per heavy atom. The van der Waals surface area contributed by atoms with Crippen molar-refractivity contribution in [2.45, 2.75) is 6.92 Å². The lowest BCUT2D eigenvalue weighted by Gasteiger charge is -2.06. The summed E-state index contributed by atoms with van der Waals surface area (Å²) in [5, 5.41) is 12.6. The Labute approximate surface area is 121 Å². The first kappa shape index (κ1) is 14.6. The Morgan fingerprint density at radius 3 is 3.10 bits per heavy atom. The summed E-state index contributed by atoms with van der Waals surface area (Å²) in [7, 11) is 0. The van der Waals surface area contributed by atoms with E-state index < -0.39 is 5.97 Å². The van der Waals surface area contributed by atoms with E-state index in [9.17, 15) is 4.79 Å². The zero-order chi connectivity index (χ0) is 15.1. The lowest BCUT2D eigenvalue weighted by Crippen LogP contribution is -2.01. The fourth-order valence-corrected chi connectivity index (χ4v) is 1.77. The lowest BCUT2D eigenvalue weighted by atomic mass is 10.1. The second kappa shape index (κ2) is 7.14. The fourth-order valence-electron chi connectivity index (χ4n) is 1.77. The van der Waals surface area contributed by atoms with Crippen molar-refractivity contribution in [2.24, 2.45) is 5.16 Å². The molecule has 2 rings (SSSR count). The molecule has 0 atom stereocenters. The van der Waals surface area contributed by atoms with Crippen LogP contribution in [-0.2, 0) is 9.53 Å². The molecule has 21 heavy (non-hydrogen) atoms. The van der Waals surface area contributed by atoms with Crippen LogP contribution in [-0.4, -0.2) is 30.6 Å². The van der Waals surface area contributed by atoms with Gasteiger partial charge in [-0.15, -0.1) is 0 Å². The highest BCUT2D eigenvalue weighted by atomic mass is 16.5. The van der Waals surface area contributed by atoms with E-state index in [1.807, 2.05) is 0 Å². The predicted molar refractivity (Wildman–Crippen MR) is 76.9 cm³/mol. The molecule has 0 radical (unpaired) electrons. The van der Waals surface area contributed by atoms with Gasteiger partial charge in [-0.25, -0.2) is 4.79 Å². The number of benzene rings is 1. The molecule has 0 aliphatic carbocycles. The summed E-state index contributed by atoms with van der Waals surface area (Å²) >= 11 is 0. The van der Waals surface area contributed by atoms with Crippen LogP contribution in [0.1, 0.15) is 12.5 Å². The first-order chi connectivity index (χ1) is 10.2. The van der Waals surface area contributed by atoms with E-state index in [0.29, 0.717) is 23.5 Å². The van der Waals surface area contributed by atoms with E-state index >= 15 is 0 Å². The second-order valence-corrected chi connectivity index (χ2v) is 4.06. The highest BCUT2D eigenvalue weighted by Gasteiger charge is 2.07. The van der Waals surface area contributed by atoms with Gasteiger partial charge in [0.1, 0.15) is 17.9 Å². The number of fused-ring (bicyclic) bond motifs is 1. The maximum atomic E-state index is 11.1. The average Bonchev–Trinajstić information content (AvgIpc) is 2.91. The third kappa shape index (κ3) is 3.85. The summed E-state index contributed by atoms with van der Waals surface area (Å²) in [5.74, 6) is 0.0727. The van der Waals surface area contributed by atoms with Gasteiger partial charge in [-0.3, -0.25) is 0 Å². The van der Waals surface area contributed by atoms with Crippen LogP contribution in [0, 0.1) is 0 Å². The van der Waals surface area contributed by atoms with Gasteiger partial charge in [0.05, 0.1) is 19.1 Å². The van der Waals surface area contributed by atoms with Gasteiger partial charge in [0.15, 0.2) is 0 Å². The number of hydrogen-bond donors (Lipinski definition) is 1. The van der Waals surface area contributed by atoms with Gasteiger partial charge in [-0.1, -0.05) is 5.16 Å². The van der Waals surface area contributed by atoms with Gasteiger partial charge in [-0.05, 0) is 25.1 Å². The van der Waals surface area contributed by atoms with E-state index in [2.05, 4.69) is 5.16 Å². The first-order valence-electron chi connectivity index (χ1n) is 6.39. The average molecular weight is 289 g/mol. The zero-order valence-corrected chi connectivity index (χ0v) is 11.5. The molecule has 0 aliphatic rings. The minimum Gasteiger partial charge on any atom is -0.489 e. The summed E-state index contributed by atoms with van der Waals surface area (Å²) in [6, 6.07) is 5.28. The number of furan rings is 1. The zero-order valence-electron chi connectivity index (χ0n) is 11.5. The molecule has 0 fully saturated rings. The Kier molecular flexibility index (Phi) is 4.98. The number of oxime groups is 1. The van der Waals surface area contributed by atoms with Gasteiger partial charge < -0.3 is 19.1 Å². The maximum Gasteiger partial charge on any atom is 0.330 e. The summed E-state index contributed by atoms with van der Waals surface area (Å²) < 4.78 is 15.6. The number of carbonyl (C=O) groups is 1. The molecule has 0 saturated heterocycles. The maximum absolute atomic E-state index is 11.1. The van der Waals surface area contributed by atoms with Crippen LogP contribution in [0.15, 0.2) is 46.2 Å². The van der Waals surface area contributed by atoms with Crippen LogP contribution in [0.4, 0.5) is 0 Å². The minimum atomic E-state index is -0.417.